The Morgan fingerprint density at radius 3 is 2.08 bits per heavy atom. The zero-order valence-electron chi connectivity index (χ0n) is 24.7. The zero-order chi connectivity index (χ0) is 29.7. The Kier molecular flexibility index (Phi) is 9.81. The molecule has 11 heteroatoms. The lowest BCUT2D eigenvalue weighted by Gasteiger charge is -2.37. The SMILES string of the molecule is C[C@@H](Cc1ccc(O)cc1)c1cn([C@@H](CCC(=O)OC(C)(C)C)C(=O)N2CCN(C(=O)OC(C)(C)C)CC2)nn1. The van der Waals surface area contributed by atoms with Crippen LogP contribution in [0.4, 0.5) is 4.79 Å². The smallest absolute Gasteiger partial charge is 0.410 e. The number of amides is 2. The summed E-state index contributed by atoms with van der Waals surface area (Å²) in [5.41, 5.74) is 0.540. The number of phenols is 1. The van der Waals surface area contributed by atoms with E-state index in [0.29, 0.717) is 32.6 Å². The molecule has 40 heavy (non-hydrogen) atoms. The molecule has 1 N–H and O–H groups in total. The lowest BCUT2D eigenvalue weighted by atomic mass is 9.98. The number of nitrogens with zero attached hydrogens (tertiary/aromatic N) is 5. The molecule has 11 nitrogen and oxygen atoms in total. The molecule has 0 radical (unpaired) electrons. The Hall–Kier alpha value is -3.63. The average Bonchev–Trinajstić information content (AvgIpc) is 3.33. The van der Waals surface area contributed by atoms with Crippen molar-refractivity contribution in [3.63, 3.8) is 0 Å². The fourth-order valence-corrected chi connectivity index (χ4v) is 4.42. The molecule has 2 aromatic rings. The van der Waals surface area contributed by atoms with Crippen molar-refractivity contribution < 1.29 is 29.0 Å². The molecule has 0 unspecified atom stereocenters. The average molecular weight is 558 g/mol. The van der Waals surface area contributed by atoms with Gasteiger partial charge in [-0.1, -0.05) is 24.3 Å². The van der Waals surface area contributed by atoms with Gasteiger partial charge < -0.3 is 24.4 Å². The third-order valence-corrected chi connectivity index (χ3v) is 6.40. The van der Waals surface area contributed by atoms with Crippen molar-refractivity contribution in [1.29, 1.82) is 0 Å². The van der Waals surface area contributed by atoms with E-state index < -0.39 is 23.3 Å². The van der Waals surface area contributed by atoms with Crippen LogP contribution < -0.4 is 0 Å². The fraction of sp³-hybridized carbons (Fsp3) is 0.621. The molecule has 0 aliphatic carbocycles. The first kappa shape index (κ1) is 30.9. The first-order valence-electron chi connectivity index (χ1n) is 13.8. The molecule has 220 valence electrons. The summed E-state index contributed by atoms with van der Waals surface area (Å²) in [5.74, 6) is -0.353. The second kappa shape index (κ2) is 12.7. The summed E-state index contributed by atoms with van der Waals surface area (Å²) in [4.78, 5) is 42.0. The van der Waals surface area contributed by atoms with Gasteiger partial charge in [0.1, 0.15) is 23.0 Å². The monoisotopic (exact) mass is 557 g/mol. The number of benzene rings is 1. The number of aromatic nitrogens is 3. The number of hydrogen-bond donors (Lipinski definition) is 1. The summed E-state index contributed by atoms with van der Waals surface area (Å²) in [7, 11) is 0. The van der Waals surface area contributed by atoms with E-state index in [1.54, 1.807) is 48.9 Å². The van der Waals surface area contributed by atoms with Gasteiger partial charge in [0.15, 0.2) is 0 Å². The van der Waals surface area contributed by atoms with Gasteiger partial charge >= 0.3 is 12.1 Å². The molecule has 2 atom stereocenters. The maximum absolute atomic E-state index is 13.7. The van der Waals surface area contributed by atoms with Crippen LogP contribution >= 0.6 is 0 Å². The van der Waals surface area contributed by atoms with Crippen LogP contribution in [0.2, 0.25) is 0 Å². The lowest BCUT2D eigenvalue weighted by Crippen LogP contribution is -2.53. The molecule has 1 aliphatic heterocycles. The Balaban J connectivity index is 1.72. The van der Waals surface area contributed by atoms with E-state index in [0.717, 1.165) is 11.3 Å². The molecule has 2 amide bonds. The van der Waals surface area contributed by atoms with E-state index >= 15 is 0 Å². The quantitative estimate of drug-likeness (QED) is 0.481. The number of phenolic OH excluding ortho intramolecular Hbond substituents is 1. The predicted molar refractivity (Wildman–Crippen MR) is 149 cm³/mol. The van der Waals surface area contributed by atoms with Crippen molar-refractivity contribution in [2.75, 3.05) is 26.2 Å². The van der Waals surface area contributed by atoms with E-state index in [9.17, 15) is 19.5 Å². The van der Waals surface area contributed by atoms with Crippen LogP contribution in [0.25, 0.3) is 0 Å². The van der Waals surface area contributed by atoms with Crippen molar-refractivity contribution in [3.05, 3.63) is 41.7 Å². The second-order valence-corrected chi connectivity index (χ2v) is 12.3. The fourth-order valence-electron chi connectivity index (χ4n) is 4.42. The van der Waals surface area contributed by atoms with Crippen LogP contribution in [0.1, 0.15) is 84.5 Å². The van der Waals surface area contributed by atoms with Crippen LogP contribution in [0, 0.1) is 0 Å². The van der Waals surface area contributed by atoms with Crippen LogP contribution in [0.15, 0.2) is 30.5 Å². The minimum Gasteiger partial charge on any atom is -0.508 e. The maximum Gasteiger partial charge on any atom is 0.410 e. The number of ether oxygens (including phenoxy) is 2. The van der Waals surface area contributed by atoms with Crippen molar-refractivity contribution in [2.24, 2.45) is 0 Å². The van der Waals surface area contributed by atoms with E-state index in [1.165, 1.54) is 4.68 Å². The predicted octanol–water partition coefficient (Wildman–Crippen LogP) is 4.07. The first-order valence-corrected chi connectivity index (χ1v) is 13.8. The van der Waals surface area contributed by atoms with Gasteiger partial charge in [-0.05, 0) is 72.1 Å². The van der Waals surface area contributed by atoms with Crippen LogP contribution in [-0.2, 0) is 25.5 Å². The molecule has 1 saturated heterocycles. The van der Waals surface area contributed by atoms with Crippen molar-refractivity contribution in [3.8, 4) is 5.75 Å². The third kappa shape index (κ3) is 9.24. The maximum atomic E-state index is 13.7. The molecule has 2 heterocycles. The highest BCUT2D eigenvalue weighted by Crippen LogP contribution is 2.24. The molecule has 0 saturated carbocycles. The van der Waals surface area contributed by atoms with E-state index in [-0.39, 0.29) is 36.4 Å². The largest absolute Gasteiger partial charge is 0.508 e. The van der Waals surface area contributed by atoms with Gasteiger partial charge in [-0.15, -0.1) is 5.10 Å². The summed E-state index contributed by atoms with van der Waals surface area (Å²) in [6.07, 6.45) is 2.30. The zero-order valence-corrected chi connectivity index (χ0v) is 24.7. The van der Waals surface area contributed by atoms with Crippen molar-refractivity contribution >= 4 is 18.0 Å². The summed E-state index contributed by atoms with van der Waals surface area (Å²) >= 11 is 0. The normalized spacial score (nSPS) is 15.9. The van der Waals surface area contributed by atoms with E-state index in [1.807, 2.05) is 39.8 Å². The number of carbonyl (C=O) groups is 3. The molecular formula is C29H43N5O6. The highest BCUT2D eigenvalue weighted by Gasteiger charge is 2.33. The number of piperazine rings is 1. The van der Waals surface area contributed by atoms with Gasteiger partial charge in [0, 0.05) is 44.7 Å². The minimum absolute atomic E-state index is 0.0114. The van der Waals surface area contributed by atoms with Gasteiger partial charge in [-0.2, -0.15) is 0 Å². The van der Waals surface area contributed by atoms with Gasteiger partial charge in [0.25, 0.3) is 0 Å². The highest BCUT2D eigenvalue weighted by atomic mass is 16.6. The lowest BCUT2D eigenvalue weighted by molar-refractivity contribution is -0.155. The summed E-state index contributed by atoms with van der Waals surface area (Å²) in [6.45, 7) is 14.3. The molecule has 0 spiro atoms. The standard InChI is InChI=1S/C29H43N5O6/c1-20(18-21-8-10-22(35)11-9-21)23-19-34(31-30-23)24(12-13-25(36)39-28(2,3)4)26(37)32-14-16-33(17-15-32)27(38)40-29(5,6)7/h8-11,19-20,24,35H,12-18H2,1-7H3/t20-,24-/m0/s1. The molecule has 1 fully saturated rings. The van der Waals surface area contributed by atoms with Gasteiger partial charge in [0.2, 0.25) is 5.91 Å². The summed E-state index contributed by atoms with van der Waals surface area (Å²) in [6, 6.07) is 6.27. The van der Waals surface area contributed by atoms with Crippen molar-refractivity contribution in [2.45, 2.75) is 90.9 Å². The third-order valence-electron chi connectivity index (χ3n) is 6.40. The van der Waals surface area contributed by atoms with Crippen LogP contribution in [0.5, 0.6) is 5.75 Å². The van der Waals surface area contributed by atoms with Gasteiger partial charge in [-0.3, -0.25) is 9.59 Å². The summed E-state index contributed by atoms with van der Waals surface area (Å²) < 4.78 is 12.5. The number of esters is 1. The minimum atomic E-state index is -0.747. The Morgan fingerprint density at radius 1 is 0.925 bits per heavy atom. The second-order valence-electron chi connectivity index (χ2n) is 12.3. The van der Waals surface area contributed by atoms with Crippen LogP contribution in [-0.4, -0.2) is 85.3 Å². The van der Waals surface area contributed by atoms with Gasteiger partial charge in [-0.25, -0.2) is 9.48 Å². The Morgan fingerprint density at radius 2 is 1.50 bits per heavy atom. The molecule has 3 rings (SSSR count). The first-order chi connectivity index (χ1) is 18.6. The molecule has 0 bridgehead atoms. The number of hydrogen-bond acceptors (Lipinski definition) is 8. The number of carbonyl (C=O) groups excluding carboxylic acids is 3. The van der Waals surface area contributed by atoms with E-state index in [4.69, 9.17) is 9.47 Å². The summed E-state index contributed by atoms with van der Waals surface area (Å²) in [5, 5.41) is 18.2. The molecular weight excluding hydrogens is 514 g/mol. The number of aromatic hydroxyl groups is 1. The van der Waals surface area contributed by atoms with Crippen LogP contribution in [0.3, 0.4) is 0 Å². The number of rotatable bonds is 8. The van der Waals surface area contributed by atoms with Crippen molar-refractivity contribution in [1.82, 2.24) is 24.8 Å². The van der Waals surface area contributed by atoms with Gasteiger partial charge in [0.05, 0.1) is 5.69 Å². The molecule has 1 aromatic carbocycles. The van der Waals surface area contributed by atoms with E-state index in [2.05, 4.69) is 10.3 Å². The highest BCUT2D eigenvalue weighted by molar-refractivity contribution is 5.81. The Bertz CT molecular complexity index is 1160. The molecule has 1 aliphatic rings. The Labute approximate surface area is 236 Å². The topological polar surface area (TPSA) is 127 Å². The molecule has 1 aromatic heterocycles.